The van der Waals surface area contributed by atoms with Crippen LogP contribution in [0, 0.1) is 11.3 Å². The van der Waals surface area contributed by atoms with Gasteiger partial charge >= 0.3 is 5.97 Å². The van der Waals surface area contributed by atoms with Gasteiger partial charge in [0.15, 0.2) is 0 Å². The Balaban J connectivity index is 2.66. The minimum atomic E-state index is -0.746. The molecule has 0 aromatic carbocycles. The van der Waals surface area contributed by atoms with Crippen LogP contribution in [0.1, 0.15) is 38.4 Å². The van der Waals surface area contributed by atoms with Gasteiger partial charge in [-0.1, -0.05) is 0 Å². The van der Waals surface area contributed by atoms with Gasteiger partial charge in [-0.3, -0.25) is 9.48 Å². The molecular weight excluding hydrogens is 258 g/mol. The maximum Gasteiger partial charge on any atom is 0.323 e. The number of carbonyl (C=O) groups excluding carboxylic acids is 1. The van der Waals surface area contributed by atoms with Crippen LogP contribution in [0.15, 0.2) is 0 Å². The Bertz CT molecular complexity index is 536. The number of carbonyl (C=O) groups is 1. The number of nitrogens with zero attached hydrogens (tertiary/aromatic N) is 3. The predicted molar refractivity (Wildman–Crippen MR) is 74.5 cm³/mol. The van der Waals surface area contributed by atoms with Crippen molar-refractivity contribution in [1.29, 1.82) is 5.26 Å². The van der Waals surface area contributed by atoms with E-state index in [0.717, 1.165) is 0 Å². The van der Waals surface area contributed by atoms with E-state index in [4.69, 9.17) is 21.5 Å². The Morgan fingerprint density at radius 3 is 2.65 bits per heavy atom. The van der Waals surface area contributed by atoms with Crippen LogP contribution in [-0.2, 0) is 23.0 Å². The lowest BCUT2D eigenvalue weighted by Gasteiger charge is -2.22. The fourth-order valence-electron chi connectivity index (χ4n) is 1.68. The number of nitriles is 1. The number of aromatic nitrogens is 2. The van der Waals surface area contributed by atoms with Crippen molar-refractivity contribution in [1.82, 2.24) is 9.78 Å². The Hall–Kier alpha value is -2.07. The molecule has 0 spiro atoms. The van der Waals surface area contributed by atoms with E-state index in [2.05, 4.69) is 5.10 Å². The second-order valence-electron chi connectivity index (χ2n) is 5.62. The van der Waals surface area contributed by atoms with E-state index in [1.807, 2.05) is 6.07 Å². The number of rotatable bonds is 4. The summed E-state index contributed by atoms with van der Waals surface area (Å²) in [5.41, 5.74) is 11.8. The minimum absolute atomic E-state index is 0.313. The van der Waals surface area contributed by atoms with Crippen molar-refractivity contribution in [3.05, 3.63) is 11.3 Å². The highest BCUT2D eigenvalue weighted by atomic mass is 16.6. The van der Waals surface area contributed by atoms with E-state index in [-0.39, 0.29) is 0 Å². The van der Waals surface area contributed by atoms with Crippen LogP contribution in [-0.4, -0.2) is 27.4 Å². The smallest absolute Gasteiger partial charge is 0.323 e. The van der Waals surface area contributed by atoms with Crippen molar-refractivity contribution in [3.8, 4) is 6.07 Å². The molecule has 0 saturated heterocycles. The lowest BCUT2D eigenvalue weighted by atomic mass is 10.1. The van der Waals surface area contributed by atoms with Crippen LogP contribution in [0.2, 0.25) is 0 Å². The van der Waals surface area contributed by atoms with Crippen molar-refractivity contribution in [2.24, 2.45) is 12.8 Å². The topological polar surface area (TPSA) is 120 Å². The Labute approximate surface area is 118 Å². The molecule has 1 aromatic rings. The van der Waals surface area contributed by atoms with Crippen LogP contribution in [0.3, 0.4) is 0 Å². The van der Waals surface area contributed by atoms with Gasteiger partial charge < -0.3 is 16.2 Å². The number of nitrogen functional groups attached to an aromatic ring is 1. The number of hydrogen-bond donors (Lipinski definition) is 2. The van der Waals surface area contributed by atoms with E-state index in [1.165, 1.54) is 4.68 Å². The predicted octanol–water partition coefficient (Wildman–Crippen LogP) is 0.476. The summed E-state index contributed by atoms with van der Waals surface area (Å²) < 4.78 is 6.63. The molecule has 20 heavy (non-hydrogen) atoms. The number of anilines is 1. The molecule has 0 saturated carbocycles. The lowest BCUT2D eigenvalue weighted by molar-refractivity contribution is -0.156. The number of nitrogens with two attached hydrogens (primary N) is 2. The van der Waals surface area contributed by atoms with Gasteiger partial charge in [0.2, 0.25) is 0 Å². The van der Waals surface area contributed by atoms with E-state index < -0.39 is 17.6 Å². The summed E-state index contributed by atoms with van der Waals surface area (Å²) in [7, 11) is 1.66. The number of hydrogen-bond acceptors (Lipinski definition) is 6. The maximum atomic E-state index is 11.7. The fraction of sp³-hybridized carbons (Fsp3) is 0.615. The van der Waals surface area contributed by atoms with Gasteiger partial charge in [0.1, 0.15) is 29.1 Å². The average molecular weight is 279 g/mol. The molecule has 1 atom stereocenters. The summed E-state index contributed by atoms with van der Waals surface area (Å²) in [6.07, 6.45) is 0.744. The minimum Gasteiger partial charge on any atom is -0.459 e. The summed E-state index contributed by atoms with van der Waals surface area (Å²) in [5.74, 6) is -0.145. The molecule has 0 radical (unpaired) electrons. The third-order valence-corrected chi connectivity index (χ3v) is 2.68. The molecule has 0 aliphatic heterocycles. The number of esters is 1. The molecule has 7 heteroatoms. The molecule has 1 unspecified atom stereocenters. The number of aryl methyl sites for hydroxylation is 2. The molecule has 0 bridgehead atoms. The van der Waals surface area contributed by atoms with Crippen molar-refractivity contribution in [3.63, 3.8) is 0 Å². The first-order valence-electron chi connectivity index (χ1n) is 6.35. The average Bonchev–Trinajstić information content (AvgIpc) is 2.59. The third-order valence-electron chi connectivity index (χ3n) is 2.68. The normalized spacial score (nSPS) is 12.8. The first-order chi connectivity index (χ1) is 9.15. The van der Waals surface area contributed by atoms with Crippen LogP contribution < -0.4 is 11.5 Å². The van der Waals surface area contributed by atoms with Crippen molar-refractivity contribution in [2.75, 3.05) is 5.73 Å². The Morgan fingerprint density at radius 2 is 2.15 bits per heavy atom. The maximum absolute atomic E-state index is 11.7. The van der Waals surface area contributed by atoms with Crippen LogP contribution in [0.4, 0.5) is 5.82 Å². The highest BCUT2D eigenvalue weighted by Crippen LogP contribution is 2.17. The Kier molecular flexibility index (Phi) is 4.73. The first-order valence-corrected chi connectivity index (χ1v) is 6.35. The van der Waals surface area contributed by atoms with Crippen LogP contribution in [0.25, 0.3) is 0 Å². The molecule has 1 rings (SSSR count). The zero-order valence-corrected chi connectivity index (χ0v) is 12.3. The molecule has 0 amide bonds. The molecule has 1 aromatic heterocycles. The molecule has 0 aliphatic rings. The zero-order chi connectivity index (χ0) is 15.5. The van der Waals surface area contributed by atoms with Gasteiger partial charge in [0, 0.05) is 7.05 Å². The fourth-order valence-corrected chi connectivity index (χ4v) is 1.68. The van der Waals surface area contributed by atoms with Gasteiger partial charge in [-0.2, -0.15) is 10.4 Å². The summed E-state index contributed by atoms with van der Waals surface area (Å²) in [5, 5.41) is 13.2. The standard InChI is InChI=1S/C13H21N5O2/c1-13(2,3)20-12(19)9(15)5-6-10-8(7-14)11(16)18(4)17-10/h9H,5-6,15-16H2,1-4H3. The highest BCUT2D eigenvalue weighted by molar-refractivity contribution is 5.75. The largest absolute Gasteiger partial charge is 0.459 e. The summed E-state index contributed by atoms with van der Waals surface area (Å²) >= 11 is 0. The monoisotopic (exact) mass is 279 g/mol. The lowest BCUT2D eigenvalue weighted by Crippen LogP contribution is -2.37. The van der Waals surface area contributed by atoms with Gasteiger partial charge in [-0.25, -0.2) is 0 Å². The van der Waals surface area contributed by atoms with Crippen molar-refractivity contribution < 1.29 is 9.53 Å². The van der Waals surface area contributed by atoms with Crippen LogP contribution >= 0.6 is 0 Å². The van der Waals surface area contributed by atoms with E-state index in [1.54, 1.807) is 27.8 Å². The zero-order valence-electron chi connectivity index (χ0n) is 12.3. The second-order valence-corrected chi connectivity index (χ2v) is 5.62. The van der Waals surface area contributed by atoms with Crippen molar-refractivity contribution >= 4 is 11.8 Å². The third kappa shape index (κ3) is 3.96. The summed E-state index contributed by atoms with van der Waals surface area (Å²) in [6, 6.07) is 1.26. The van der Waals surface area contributed by atoms with Crippen LogP contribution in [0.5, 0.6) is 0 Å². The summed E-state index contributed by atoms with van der Waals surface area (Å²) in [4.78, 5) is 11.7. The molecule has 7 nitrogen and oxygen atoms in total. The molecule has 4 N–H and O–H groups in total. The SMILES string of the molecule is Cn1nc(CCC(N)C(=O)OC(C)(C)C)c(C#N)c1N. The Morgan fingerprint density at radius 1 is 1.55 bits per heavy atom. The van der Waals surface area contributed by atoms with Gasteiger partial charge in [0.05, 0.1) is 5.69 Å². The van der Waals surface area contributed by atoms with Gasteiger partial charge in [0.25, 0.3) is 0 Å². The first kappa shape index (κ1) is 16.0. The molecule has 1 heterocycles. The molecule has 110 valence electrons. The molecular formula is C13H21N5O2. The molecule has 0 aliphatic carbocycles. The van der Waals surface area contributed by atoms with Gasteiger partial charge in [-0.15, -0.1) is 0 Å². The van der Waals surface area contributed by atoms with Crippen molar-refractivity contribution in [2.45, 2.75) is 45.3 Å². The highest BCUT2D eigenvalue weighted by Gasteiger charge is 2.23. The molecule has 0 fully saturated rings. The quantitative estimate of drug-likeness (QED) is 0.773. The second kappa shape index (κ2) is 5.92. The van der Waals surface area contributed by atoms with E-state index in [0.29, 0.717) is 29.9 Å². The summed E-state index contributed by atoms with van der Waals surface area (Å²) in [6.45, 7) is 5.35. The number of ether oxygens (including phenoxy) is 1. The van der Waals surface area contributed by atoms with E-state index in [9.17, 15) is 4.79 Å². The van der Waals surface area contributed by atoms with E-state index >= 15 is 0 Å². The van der Waals surface area contributed by atoms with Gasteiger partial charge in [-0.05, 0) is 33.6 Å².